The normalized spacial score (nSPS) is 24.0. The molecular weight excluding hydrogens is 624 g/mol. The highest BCUT2D eigenvalue weighted by Crippen LogP contribution is 2.65. The highest BCUT2D eigenvalue weighted by Gasteiger charge is 2.70. The first-order chi connectivity index (χ1) is 23.1. The molecule has 3 aliphatic rings. The SMILES string of the molecule is C=CCNC(=O)C(O)C(CCC)NC(=O)[C@@H]1[C@@H]2[C@H](CN1C(=O)[C@@H](NC(=O)[C@@H](NC(=O)c1ccccn1)C1CCCCC1)C(C)(C)C)C2(C)C. The summed E-state index contributed by atoms with van der Waals surface area (Å²) < 4.78 is 0. The van der Waals surface area contributed by atoms with E-state index in [2.05, 4.69) is 46.7 Å². The third kappa shape index (κ3) is 8.69. The van der Waals surface area contributed by atoms with Crippen LogP contribution in [0.2, 0.25) is 0 Å². The fourth-order valence-electron chi connectivity index (χ4n) is 7.79. The lowest BCUT2D eigenvalue weighted by atomic mass is 9.82. The van der Waals surface area contributed by atoms with Gasteiger partial charge in [0, 0.05) is 19.3 Å². The lowest BCUT2D eigenvalue weighted by molar-refractivity contribution is -0.146. The number of amides is 5. The van der Waals surface area contributed by atoms with Gasteiger partial charge in [-0.25, -0.2) is 0 Å². The highest BCUT2D eigenvalue weighted by atomic mass is 16.3. The van der Waals surface area contributed by atoms with Crippen molar-refractivity contribution in [3.05, 3.63) is 42.7 Å². The van der Waals surface area contributed by atoms with E-state index in [1.807, 2.05) is 27.7 Å². The zero-order chi connectivity index (χ0) is 36.1. The maximum atomic E-state index is 14.5. The third-order valence-corrected chi connectivity index (χ3v) is 10.7. The number of piperidine rings is 1. The number of carbonyl (C=O) groups is 5. The van der Waals surface area contributed by atoms with Crippen LogP contribution in [0.15, 0.2) is 37.1 Å². The first-order valence-electron chi connectivity index (χ1n) is 17.8. The molecule has 1 aliphatic heterocycles. The summed E-state index contributed by atoms with van der Waals surface area (Å²) in [7, 11) is 0. The summed E-state index contributed by atoms with van der Waals surface area (Å²) in [4.78, 5) is 74.3. The fourth-order valence-corrected chi connectivity index (χ4v) is 7.79. The van der Waals surface area contributed by atoms with Crippen molar-refractivity contribution in [2.75, 3.05) is 13.1 Å². The fraction of sp³-hybridized carbons (Fsp3) is 0.676. The van der Waals surface area contributed by atoms with Gasteiger partial charge >= 0.3 is 0 Å². The van der Waals surface area contributed by atoms with Crippen molar-refractivity contribution in [2.24, 2.45) is 28.6 Å². The molecule has 12 nitrogen and oxygen atoms in total. The molecule has 2 heterocycles. The van der Waals surface area contributed by atoms with Crippen molar-refractivity contribution in [3.63, 3.8) is 0 Å². The number of carbonyl (C=O) groups excluding carboxylic acids is 5. The molecule has 2 unspecified atom stereocenters. The molecule has 0 spiro atoms. The Balaban J connectivity index is 1.57. The van der Waals surface area contributed by atoms with Crippen LogP contribution < -0.4 is 21.3 Å². The maximum Gasteiger partial charge on any atom is 0.270 e. The van der Waals surface area contributed by atoms with Gasteiger partial charge in [0.1, 0.15) is 23.8 Å². The van der Waals surface area contributed by atoms with Gasteiger partial charge in [0.25, 0.3) is 11.8 Å². The number of nitrogens with one attached hydrogen (secondary N) is 4. The van der Waals surface area contributed by atoms with E-state index in [1.165, 1.54) is 12.3 Å². The zero-order valence-corrected chi connectivity index (χ0v) is 30.0. The van der Waals surface area contributed by atoms with Crippen LogP contribution in [-0.2, 0) is 19.2 Å². The molecule has 1 saturated heterocycles. The average Bonchev–Trinajstić information content (AvgIpc) is 3.38. The summed E-state index contributed by atoms with van der Waals surface area (Å²) in [6.45, 7) is 15.8. The largest absolute Gasteiger partial charge is 0.381 e. The van der Waals surface area contributed by atoms with Crippen LogP contribution in [0, 0.1) is 28.6 Å². The second kappa shape index (κ2) is 15.8. The second-order valence-electron chi connectivity index (χ2n) is 15.6. The third-order valence-electron chi connectivity index (χ3n) is 10.7. The van der Waals surface area contributed by atoms with Crippen LogP contribution in [0.25, 0.3) is 0 Å². The molecule has 0 bridgehead atoms. The summed E-state index contributed by atoms with van der Waals surface area (Å²) in [5.41, 5.74) is -0.707. The van der Waals surface area contributed by atoms with Gasteiger partial charge in [0.05, 0.1) is 6.04 Å². The summed E-state index contributed by atoms with van der Waals surface area (Å²) in [5.74, 6) is -2.43. The van der Waals surface area contributed by atoms with Gasteiger partial charge in [-0.3, -0.25) is 29.0 Å². The molecule has 1 aromatic heterocycles. The highest BCUT2D eigenvalue weighted by molar-refractivity contribution is 5.98. The first-order valence-corrected chi connectivity index (χ1v) is 17.8. The lowest BCUT2D eigenvalue weighted by Gasteiger charge is -2.39. The summed E-state index contributed by atoms with van der Waals surface area (Å²) in [6.07, 6.45) is 7.03. The summed E-state index contributed by atoms with van der Waals surface area (Å²) in [6, 6.07) is 1.48. The van der Waals surface area contributed by atoms with Gasteiger partial charge < -0.3 is 31.3 Å². The van der Waals surface area contributed by atoms with Crippen LogP contribution in [0.4, 0.5) is 0 Å². The number of aliphatic hydroxyl groups is 1. The smallest absolute Gasteiger partial charge is 0.270 e. The number of aromatic nitrogens is 1. The Morgan fingerprint density at radius 3 is 2.35 bits per heavy atom. The van der Waals surface area contributed by atoms with Gasteiger partial charge in [0.2, 0.25) is 17.7 Å². The maximum absolute atomic E-state index is 14.5. The van der Waals surface area contributed by atoms with Crippen LogP contribution in [0.5, 0.6) is 0 Å². The number of rotatable bonds is 14. The number of pyridine rings is 1. The molecule has 12 heteroatoms. The number of fused-ring (bicyclic) bond motifs is 1. The molecule has 2 saturated carbocycles. The molecule has 5 amide bonds. The van der Waals surface area contributed by atoms with E-state index in [0.29, 0.717) is 19.4 Å². The zero-order valence-electron chi connectivity index (χ0n) is 30.0. The monoisotopic (exact) mass is 680 g/mol. The standard InChI is InChI=1S/C37H56N6O6/c1-8-15-24(29(44)34(48)39-19-9-2)40-33(47)28-26-23(37(26,6)7)21-43(28)35(49)30(36(3,4)5)42-32(46)27(22-16-11-10-12-17-22)41-31(45)25-18-13-14-20-38-25/h9,13-14,18,20,22-24,26-30,44H,2,8,10-12,15-17,19,21H2,1,3-7H3,(H,39,48)(H,40,47)(H,41,45)(H,42,46)/t23-,24?,26-,27-,28-,29?,30+/m0/s1. The minimum absolute atomic E-state index is 0.0848. The summed E-state index contributed by atoms with van der Waals surface area (Å²) >= 11 is 0. The topological polar surface area (TPSA) is 170 Å². The molecule has 3 fully saturated rings. The van der Waals surface area contributed by atoms with Crippen LogP contribution in [0.3, 0.4) is 0 Å². The molecule has 4 rings (SSSR count). The Hall–Kier alpha value is -3.80. The van der Waals surface area contributed by atoms with E-state index in [0.717, 1.165) is 32.1 Å². The quantitative estimate of drug-likeness (QED) is 0.188. The molecule has 1 aromatic rings. The minimum Gasteiger partial charge on any atom is -0.381 e. The van der Waals surface area contributed by atoms with E-state index in [-0.39, 0.29) is 41.3 Å². The van der Waals surface area contributed by atoms with E-state index in [9.17, 15) is 29.1 Å². The van der Waals surface area contributed by atoms with Crippen LogP contribution in [0.1, 0.15) is 97.0 Å². The molecule has 0 radical (unpaired) electrons. The van der Waals surface area contributed by atoms with Crippen molar-refractivity contribution in [1.82, 2.24) is 31.2 Å². The van der Waals surface area contributed by atoms with Gasteiger partial charge in [0.15, 0.2) is 6.10 Å². The number of hydrogen-bond acceptors (Lipinski definition) is 7. The molecule has 5 N–H and O–H groups in total. The average molecular weight is 681 g/mol. The van der Waals surface area contributed by atoms with Gasteiger partial charge in [-0.1, -0.05) is 79.4 Å². The Morgan fingerprint density at radius 2 is 1.76 bits per heavy atom. The molecule has 7 atom stereocenters. The summed E-state index contributed by atoms with van der Waals surface area (Å²) in [5, 5.41) is 22.3. The molecular formula is C37H56N6O6. The van der Waals surface area contributed by atoms with Gasteiger partial charge in [-0.05, 0) is 60.0 Å². The van der Waals surface area contributed by atoms with E-state index < -0.39 is 59.3 Å². The van der Waals surface area contributed by atoms with E-state index in [1.54, 1.807) is 23.1 Å². The number of likely N-dealkylation sites (tertiary alicyclic amines) is 1. The van der Waals surface area contributed by atoms with Gasteiger partial charge in [-0.15, -0.1) is 6.58 Å². The van der Waals surface area contributed by atoms with Crippen molar-refractivity contribution < 1.29 is 29.1 Å². The van der Waals surface area contributed by atoms with Crippen molar-refractivity contribution in [1.29, 1.82) is 0 Å². The van der Waals surface area contributed by atoms with Crippen molar-refractivity contribution in [2.45, 2.75) is 117 Å². The number of aliphatic hydroxyl groups excluding tert-OH is 1. The van der Waals surface area contributed by atoms with E-state index in [4.69, 9.17) is 0 Å². The Kier molecular flexibility index (Phi) is 12.3. The van der Waals surface area contributed by atoms with Crippen molar-refractivity contribution >= 4 is 29.5 Å². The van der Waals surface area contributed by atoms with E-state index >= 15 is 0 Å². The predicted molar refractivity (Wildman–Crippen MR) is 186 cm³/mol. The van der Waals surface area contributed by atoms with Crippen LogP contribution in [-0.4, -0.2) is 87.9 Å². The second-order valence-corrected chi connectivity index (χ2v) is 15.6. The lowest BCUT2D eigenvalue weighted by Crippen LogP contribution is -2.63. The Bertz CT molecular complexity index is 1370. The predicted octanol–water partition coefficient (Wildman–Crippen LogP) is 2.72. The molecule has 2 aliphatic carbocycles. The van der Waals surface area contributed by atoms with Crippen molar-refractivity contribution in [3.8, 4) is 0 Å². The Morgan fingerprint density at radius 1 is 1.06 bits per heavy atom. The number of hydrogen-bond donors (Lipinski definition) is 5. The minimum atomic E-state index is -1.47. The van der Waals surface area contributed by atoms with Crippen LogP contribution >= 0.6 is 0 Å². The number of nitrogens with zero attached hydrogens (tertiary/aromatic N) is 2. The molecule has 49 heavy (non-hydrogen) atoms. The molecule has 270 valence electrons. The van der Waals surface area contributed by atoms with Gasteiger partial charge in [-0.2, -0.15) is 0 Å². The molecule has 0 aromatic carbocycles. The Labute approximate surface area is 290 Å². The first kappa shape index (κ1) is 38.0.